The van der Waals surface area contributed by atoms with Gasteiger partial charge in [-0.1, -0.05) is 31.3 Å². The Balaban J connectivity index is 2.43. The van der Waals surface area contributed by atoms with Crippen molar-refractivity contribution in [2.24, 2.45) is 0 Å². The van der Waals surface area contributed by atoms with Gasteiger partial charge in [-0.3, -0.25) is 0 Å². The molecule has 0 atom stereocenters. The molecule has 0 aliphatic carbocycles. The number of cyclic esters (lactones) is 1. The number of esters is 1. The summed E-state index contributed by atoms with van der Waals surface area (Å²) in [7, 11) is -2.10. The Morgan fingerprint density at radius 1 is 1.28 bits per heavy atom. The van der Waals surface area contributed by atoms with Crippen LogP contribution >= 0.6 is 8.60 Å². The molecule has 9 heteroatoms. The van der Waals surface area contributed by atoms with Gasteiger partial charge in [0.2, 0.25) is 0 Å². The Morgan fingerprint density at radius 2 is 1.97 bits per heavy atom. The highest BCUT2D eigenvalue weighted by Gasteiger charge is 2.33. The third kappa shape index (κ3) is 6.27. The van der Waals surface area contributed by atoms with Gasteiger partial charge in [-0.05, 0) is 31.9 Å². The van der Waals surface area contributed by atoms with Crippen LogP contribution in [0.2, 0.25) is 25.7 Å². The Kier molecular flexibility index (Phi) is 8.25. The second-order valence-electron chi connectivity index (χ2n) is 8.34. The number of hydrogen-bond donors (Lipinski definition) is 2. The molecule has 2 rings (SSSR count). The van der Waals surface area contributed by atoms with Crippen molar-refractivity contribution in [3.8, 4) is 11.5 Å². The molecule has 0 radical (unpaired) electrons. The zero-order valence-corrected chi connectivity index (χ0v) is 19.9. The summed E-state index contributed by atoms with van der Waals surface area (Å²) in [6, 6.07) is 0.964. The Bertz CT molecular complexity index is 784. The van der Waals surface area contributed by atoms with E-state index in [0.717, 1.165) is 28.3 Å². The molecule has 1 aliphatic rings. The van der Waals surface area contributed by atoms with Crippen LogP contribution in [0.5, 0.6) is 11.5 Å². The third-order valence-electron chi connectivity index (χ3n) is 4.79. The topological polar surface area (TPSA) is 94.5 Å². The lowest BCUT2D eigenvalue weighted by molar-refractivity contribution is 0.0532. The maximum Gasteiger partial charge on any atom is 0.342 e. The average Bonchev–Trinajstić information content (AvgIpc) is 3.01. The van der Waals surface area contributed by atoms with Gasteiger partial charge in [0.05, 0.1) is 20.3 Å². The second-order valence-corrected chi connectivity index (χ2v) is 14.7. The lowest BCUT2D eigenvalue weighted by Gasteiger charge is -2.21. The molecule has 0 fully saturated rings. The number of ether oxygens (including phenoxy) is 3. The van der Waals surface area contributed by atoms with Crippen molar-refractivity contribution in [2.75, 3.05) is 20.3 Å². The number of methoxy groups -OCH3 is 1. The standard InChI is InChI=1S/C20H31O7PSi/c1-13(11-27-28(22)23)7-8-15-18(24-3)14(2)16-12-26-20(21)17(16)19(15)25-9-10-29(4,5)6/h7,22-23H,8-12H2,1-6H3. The van der Waals surface area contributed by atoms with Crippen LogP contribution in [0, 0.1) is 6.92 Å². The largest absolute Gasteiger partial charge is 0.496 e. The van der Waals surface area contributed by atoms with Crippen LogP contribution in [0.4, 0.5) is 0 Å². The predicted octanol–water partition coefficient (Wildman–Crippen LogP) is 4.11. The highest BCUT2D eigenvalue weighted by Crippen LogP contribution is 2.43. The number of hydrogen-bond acceptors (Lipinski definition) is 7. The van der Waals surface area contributed by atoms with Gasteiger partial charge >= 0.3 is 14.6 Å². The van der Waals surface area contributed by atoms with Gasteiger partial charge in [0, 0.05) is 19.2 Å². The number of fused-ring (bicyclic) bond motifs is 1. The summed E-state index contributed by atoms with van der Waals surface area (Å²) in [5, 5.41) is 0. The molecule has 0 amide bonds. The number of rotatable bonds is 10. The Labute approximate surface area is 174 Å². The van der Waals surface area contributed by atoms with Gasteiger partial charge in [0.15, 0.2) is 0 Å². The van der Waals surface area contributed by atoms with Crippen LogP contribution in [0.3, 0.4) is 0 Å². The Hall–Kier alpha value is -1.44. The molecule has 0 spiro atoms. The molecule has 0 bridgehead atoms. The smallest absolute Gasteiger partial charge is 0.342 e. The summed E-state index contributed by atoms with van der Waals surface area (Å²) in [6.45, 7) is 11.4. The van der Waals surface area contributed by atoms with Crippen molar-refractivity contribution in [3.63, 3.8) is 0 Å². The minimum Gasteiger partial charge on any atom is -0.496 e. The summed E-state index contributed by atoms with van der Waals surface area (Å²) in [5.74, 6) is 0.839. The van der Waals surface area contributed by atoms with Gasteiger partial charge in [0.1, 0.15) is 23.7 Å². The molecular weight excluding hydrogens is 411 g/mol. The maximum atomic E-state index is 12.4. The van der Waals surface area contributed by atoms with Crippen LogP contribution in [-0.4, -0.2) is 44.2 Å². The van der Waals surface area contributed by atoms with Crippen LogP contribution < -0.4 is 9.47 Å². The first-order valence-corrected chi connectivity index (χ1v) is 14.4. The number of carbonyl (C=O) groups excluding carboxylic acids is 1. The van der Waals surface area contributed by atoms with Crippen molar-refractivity contribution < 1.29 is 33.3 Å². The fourth-order valence-corrected chi connectivity index (χ4v) is 4.16. The predicted molar refractivity (Wildman–Crippen MR) is 115 cm³/mol. The van der Waals surface area contributed by atoms with Crippen molar-refractivity contribution in [1.29, 1.82) is 0 Å². The van der Waals surface area contributed by atoms with E-state index in [0.29, 0.717) is 30.1 Å². The van der Waals surface area contributed by atoms with Crippen LogP contribution in [0.1, 0.15) is 34.0 Å². The monoisotopic (exact) mass is 442 g/mol. The first-order valence-electron chi connectivity index (χ1n) is 9.53. The van der Waals surface area contributed by atoms with Crippen molar-refractivity contribution in [2.45, 2.75) is 52.6 Å². The van der Waals surface area contributed by atoms with E-state index in [1.54, 1.807) is 7.11 Å². The van der Waals surface area contributed by atoms with E-state index in [1.165, 1.54) is 0 Å². The molecule has 29 heavy (non-hydrogen) atoms. The first kappa shape index (κ1) is 23.8. The van der Waals surface area contributed by atoms with E-state index in [9.17, 15) is 4.79 Å². The zero-order valence-electron chi connectivity index (χ0n) is 18.0. The number of carbonyl (C=O) groups is 1. The molecule has 2 N–H and O–H groups in total. The summed E-state index contributed by atoms with van der Waals surface area (Å²) in [4.78, 5) is 30.3. The molecule has 1 aromatic carbocycles. The molecule has 162 valence electrons. The fraction of sp³-hybridized carbons (Fsp3) is 0.550. The molecule has 0 aromatic heterocycles. The minimum atomic E-state index is -2.40. The summed E-state index contributed by atoms with van der Waals surface area (Å²) >= 11 is 0. The fourth-order valence-electron chi connectivity index (χ4n) is 3.12. The van der Waals surface area contributed by atoms with E-state index in [-0.39, 0.29) is 19.2 Å². The molecule has 1 aliphatic heterocycles. The second kappa shape index (κ2) is 10.0. The molecule has 7 nitrogen and oxygen atoms in total. The van der Waals surface area contributed by atoms with E-state index in [1.807, 2.05) is 19.9 Å². The van der Waals surface area contributed by atoms with E-state index < -0.39 is 16.7 Å². The van der Waals surface area contributed by atoms with Crippen LogP contribution in [-0.2, 0) is 22.3 Å². The summed E-state index contributed by atoms with van der Waals surface area (Å²) < 4.78 is 22.0. The van der Waals surface area contributed by atoms with Gasteiger partial charge in [-0.25, -0.2) is 4.79 Å². The summed E-state index contributed by atoms with van der Waals surface area (Å²) in [6.07, 6.45) is 2.37. The zero-order chi connectivity index (χ0) is 21.8. The molecule has 0 unspecified atom stereocenters. The van der Waals surface area contributed by atoms with E-state index >= 15 is 0 Å². The number of allylic oxidation sites excluding steroid dienone is 1. The normalized spacial score (nSPS) is 14.2. The lowest BCUT2D eigenvalue weighted by Crippen LogP contribution is -2.23. The number of benzene rings is 1. The van der Waals surface area contributed by atoms with Gasteiger partial charge < -0.3 is 28.5 Å². The van der Waals surface area contributed by atoms with Crippen molar-refractivity contribution >= 4 is 22.6 Å². The first-order chi connectivity index (χ1) is 13.5. The minimum absolute atomic E-state index is 0.110. The van der Waals surface area contributed by atoms with E-state index in [4.69, 9.17) is 28.5 Å². The lowest BCUT2D eigenvalue weighted by atomic mass is 9.95. The maximum absolute atomic E-state index is 12.4. The van der Waals surface area contributed by atoms with Crippen molar-refractivity contribution in [1.82, 2.24) is 0 Å². The molecule has 0 saturated carbocycles. The highest BCUT2D eigenvalue weighted by atomic mass is 31.2. The molecule has 1 heterocycles. The Morgan fingerprint density at radius 3 is 2.55 bits per heavy atom. The van der Waals surface area contributed by atoms with Gasteiger partial charge in [-0.2, -0.15) is 0 Å². The SMILES string of the molecule is COc1c(C)c2c(c(OCC[Si](C)(C)C)c1CC=C(C)COP(O)O)C(=O)OC2. The molecular formula is C20H31O7PSi. The summed E-state index contributed by atoms with van der Waals surface area (Å²) in [5.41, 5.74) is 3.79. The van der Waals surface area contributed by atoms with Gasteiger partial charge in [0.25, 0.3) is 0 Å². The third-order valence-corrected chi connectivity index (χ3v) is 6.85. The van der Waals surface area contributed by atoms with Crippen LogP contribution in [0.25, 0.3) is 0 Å². The van der Waals surface area contributed by atoms with Gasteiger partial charge in [-0.15, -0.1) is 0 Å². The van der Waals surface area contributed by atoms with E-state index in [2.05, 4.69) is 19.6 Å². The van der Waals surface area contributed by atoms with Crippen molar-refractivity contribution in [3.05, 3.63) is 33.9 Å². The molecule has 0 saturated heterocycles. The van der Waals surface area contributed by atoms with Crippen LogP contribution in [0.15, 0.2) is 11.6 Å². The molecule has 1 aromatic rings. The highest BCUT2D eigenvalue weighted by molar-refractivity contribution is 7.39. The average molecular weight is 443 g/mol. The quantitative estimate of drug-likeness (QED) is 0.244.